The number of methoxy groups -OCH3 is 1. The SMILES string of the molecule is COCc1ccccc1C(O)c1cccc2ccncc12. The summed E-state index contributed by atoms with van der Waals surface area (Å²) in [5.41, 5.74) is 2.73. The highest BCUT2D eigenvalue weighted by Gasteiger charge is 2.16. The minimum Gasteiger partial charge on any atom is -0.384 e. The van der Waals surface area contributed by atoms with E-state index in [0.717, 1.165) is 27.5 Å². The summed E-state index contributed by atoms with van der Waals surface area (Å²) in [5, 5.41) is 12.9. The van der Waals surface area contributed by atoms with E-state index in [-0.39, 0.29) is 0 Å². The first kappa shape index (κ1) is 13.7. The van der Waals surface area contributed by atoms with E-state index in [0.29, 0.717) is 6.61 Å². The Bertz CT molecular complexity index is 750. The Hall–Kier alpha value is -2.23. The van der Waals surface area contributed by atoms with E-state index in [1.165, 1.54) is 0 Å². The molecule has 0 aliphatic heterocycles. The number of aliphatic hydroxyl groups excluding tert-OH is 1. The molecular weight excluding hydrogens is 262 g/mol. The van der Waals surface area contributed by atoms with Crippen LogP contribution >= 0.6 is 0 Å². The molecule has 0 aliphatic rings. The highest BCUT2D eigenvalue weighted by molar-refractivity contribution is 5.85. The van der Waals surface area contributed by atoms with Crippen molar-refractivity contribution in [2.45, 2.75) is 12.7 Å². The van der Waals surface area contributed by atoms with Crippen molar-refractivity contribution in [1.82, 2.24) is 4.98 Å². The molecule has 1 atom stereocenters. The highest BCUT2D eigenvalue weighted by Crippen LogP contribution is 2.30. The smallest absolute Gasteiger partial charge is 0.105 e. The fourth-order valence-corrected chi connectivity index (χ4v) is 2.63. The molecule has 0 fully saturated rings. The molecule has 3 heteroatoms. The summed E-state index contributed by atoms with van der Waals surface area (Å²) in [4.78, 5) is 4.17. The monoisotopic (exact) mass is 279 g/mol. The third-order valence-electron chi connectivity index (χ3n) is 3.66. The number of ether oxygens (including phenoxy) is 1. The Labute approximate surface area is 123 Å². The molecule has 0 bridgehead atoms. The van der Waals surface area contributed by atoms with Gasteiger partial charge in [0.05, 0.1) is 6.61 Å². The molecule has 0 aliphatic carbocycles. The predicted octanol–water partition coefficient (Wildman–Crippen LogP) is 3.46. The van der Waals surface area contributed by atoms with Crippen LogP contribution in [0.1, 0.15) is 22.8 Å². The Morgan fingerprint density at radius 3 is 2.71 bits per heavy atom. The van der Waals surface area contributed by atoms with Gasteiger partial charge in [0, 0.05) is 24.9 Å². The van der Waals surface area contributed by atoms with Gasteiger partial charge in [0.15, 0.2) is 0 Å². The lowest BCUT2D eigenvalue weighted by atomic mass is 9.94. The van der Waals surface area contributed by atoms with Crippen molar-refractivity contribution in [3.63, 3.8) is 0 Å². The van der Waals surface area contributed by atoms with E-state index in [2.05, 4.69) is 4.98 Å². The fraction of sp³-hybridized carbons (Fsp3) is 0.167. The van der Waals surface area contributed by atoms with Crippen molar-refractivity contribution in [1.29, 1.82) is 0 Å². The Balaban J connectivity index is 2.11. The van der Waals surface area contributed by atoms with Crippen LogP contribution in [0.4, 0.5) is 0 Å². The van der Waals surface area contributed by atoms with Crippen molar-refractivity contribution in [3.05, 3.63) is 77.6 Å². The van der Waals surface area contributed by atoms with Gasteiger partial charge >= 0.3 is 0 Å². The summed E-state index contributed by atoms with van der Waals surface area (Å²) in [6.07, 6.45) is 2.87. The molecule has 21 heavy (non-hydrogen) atoms. The summed E-state index contributed by atoms with van der Waals surface area (Å²) < 4.78 is 5.22. The first-order valence-electron chi connectivity index (χ1n) is 6.88. The zero-order valence-electron chi connectivity index (χ0n) is 11.9. The Morgan fingerprint density at radius 1 is 1.05 bits per heavy atom. The number of hydrogen-bond acceptors (Lipinski definition) is 3. The van der Waals surface area contributed by atoms with Gasteiger partial charge in [0.1, 0.15) is 6.10 Å². The first-order chi connectivity index (χ1) is 10.3. The van der Waals surface area contributed by atoms with E-state index < -0.39 is 6.10 Å². The second-order valence-corrected chi connectivity index (χ2v) is 4.98. The Morgan fingerprint density at radius 2 is 1.86 bits per heavy atom. The average Bonchev–Trinajstić information content (AvgIpc) is 2.54. The summed E-state index contributed by atoms with van der Waals surface area (Å²) in [6, 6.07) is 15.7. The number of hydrogen-bond donors (Lipinski definition) is 1. The van der Waals surface area contributed by atoms with Crippen molar-refractivity contribution in [3.8, 4) is 0 Å². The molecule has 3 rings (SSSR count). The average molecular weight is 279 g/mol. The number of rotatable bonds is 4. The quantitative estimate of drug-likeness (QED) is 0.795. The number of pyridine rings is 1. The van der Waals surface area contributed by atoms with Crippen LogP contribution in [0.25, 0.3) is 10.8 Å². The van der Waals surface area contributed by atoms with E-state index in [1.54, 1.807) is 19.5 Å². The maximum atomic E-state index is 10.8. The lowest BCUT2D eigenvalue weighted by molar-refractivity contribution is 0.176. The van der Waals surface area contributed by atoms with Crippen LogP contribution in [-0.2, 0) is 11.3 Å². The van der Waals surface area contributed by atoms with Crippen molar-refractivity contribution >= 4 is 10.8 Å². The molecule has 0 radical (unpaired) electrons. The molecule has 1 aromatic heterocycles. The third-order valence-corrected chi connectivity index (χ3v) is 3.66. The van der Waals surface area contributed by atoms with E-state index >= 15 is 0 Å². The lowest BCUT2D eigenvalue weighted by Crippen LogP contribution is -2.05. The third kappa shape index (κ3) is 2.66. The molecular formula is C18H17NO2. The number of aliphatic hydroxyl groups is 1. The molecule has 3 aromatic rings. The van der Waals surface area contributed by atoms with Gasteiger partial charge in [-0.3, -0.25) is 4.98 Å². The van der Waals surface area contributed by atoms with Gasteiger partial charge in [-0.1, -0.05) is 42.5 Å². The number of fused-ring (bicyclic) bond motifs is 1. The van der Waals surface area contributed by atoms with Crippen LogP contribution in [0, 0.1) is 0 Å². The van der Waals surface area contributed by atoms with Crippen LogP contribution < -0.4 is 0 Å². The molecule has 0 spiro atoms. The Kier molecular flexibility index (Phi) is 3.95. The summed E-state index contributed by atoms with van der Waals surface area (Å²) in [6.45, 7) is 0.482. The maximum Gasteiger partial charge on any atom is 0.105 e. The molecule has 106 valence electrons. The van der Waals surface area contributed by atoms with Gasteiger partial charge < -0.3 is 9.84 Å². The first-order valence-corrected chi connectivity index (χ1v) is 6.88. The second-order valence-electron chi connectivity index (χ2n) is 4.98. The number of benzene rings is 2. The molecule has 0 amide bonds. The molecule has 1 unspecified atom stereocenters. The van der Waals surface area contributed by atoms with E-state index in [9.17, 15) is 5.11 Å². The van der Waals surface area contributed by atoms with Crippen molar-refractivity contribution in [2.24, 2.45) is 0 Å². The van der Waals surface area contributed by atoms with Crippen molar-refractivity contribution < 1.29 is 9.84 Å². The number of aromatic nitrogens is 1. The van der Waals surface area contributed by atoms with Crippen LogP contribution in [0.15, 0.2) is 60.9 Å². The van der Waals surface area contributed by atoms with Crippen molar-refractivity contribution in [2.75, 3.05) is 7.11 Å². The molecule has 3 nitrogen and oxygen atoms in total. The molecule has 1 N–H and O–H groups in total. The summed E-state index contributed by atoms with van der Waals surface area (Å²) in [7, 11) is 1.66. The molecule has 2 aromatic carbocycles. The largest absolute Gasteiger partial charge is 0.384 e. The highest BCUT2D eigenvalue weighted by atomic mass is 16.5. The normalized spacial score (nSPS) is 12.5. The topological polar surface area (TPSA) is 42.4 Å². The predicted molar refractivity (Wildman–Crippen MR) is 83.0 cm³/mol. The van der Waals surface area contributed by atoms with Gasteiger partial charge in [-0.05, 0) is 28.1 Å². The minimum absolute atomic E-state index is 0.482. The standard InChI is InChI=1S/C18H17NO2/c1-21-12-14-5-2-3-7-15(14)18(20)16-8-4-6-13-9-10-19-11-17(13)16/h2-11,18,20H,12H2,1H3. The van der Waals surface area contributed by atoms with Crippen LogP contribution in [0.5, 0.6) is 0 Å². The van der Waals surface area contributed by atoms with Crippen LogP contribution in [0.3, 0.4) is 0 Å². The maximum absolute atomic E-state index is 10.8. The van der Waals surface area contributed by atoms with Gasteiger partial charge in [-0.2, -0.15) is 0 Å². The van der Waals surface area contributed by atoms with Crippen LogP contribution in [-0.4, -0.2) is 17.2 Å². The number of nitrogens with zero attached hydrogens (tertiary/aromatic N) is 1. The van der Waals surface area contributed by atoms with E-state index in [1.807, 2.05) is 48.5 Å². The fourth-order valence-electron chi connectivity index (χ4n) is 2.63. The molecule has 1 heterocycles. The lowest BCUT2D eigenvalue weighted by Gasteiger charge is -2.17. The summed E-state index contributed by atoms with van der Waals surface area (Å²) >= 11 is 0. The second kappa shape index (κ2) is 6.04. The van der Waals surface area contributed by atoms with Gasteiger partial charge in [-0.25, -0.2) is 0 Å². The zero-order valence-corrected chi connectivity index (χ0v) is 11.9. The van der Waals surface area contributed by atoms with Crippen LogP contribution in [0.2, 0.25) is 0 Å². The summed E-state index contributed by atoms with van der Waals surface area (Å²) in [5.74, 6) is 0. The molecule has 0 saturated heterocycles. The van der Waals surface area contributed by atoms with Gasteiger partial charge in [0.25, 0.3) is 0 Å². The van der Waals surface area contributed by atoms with E-state index in [4.69, 9.17) is 4.74 Å². The minimum atomic E-state index is -0.691. The molecule has 0 saturated carbocycles. The van der Waals surface area contributed by atoms with Gasteiger partial charge in [-0.15, -0.1) is 0 Å². The van der Waals surface area contributed by atoms with Gasteiger partial charge in [0.2, 0.25) is 0 Å². The zero-order chi connectivity index (χ0) is 14.7.